The summed E-state index contributed by atoms with van der Waals surface area (Å²) in [6.45, 7) is 3.63. The molecule has 0 fully saturated rings. The lowest BCUT2D eigenvalue weighted by Crippen LogP contribution is -2.12. The van der Waals surface area contributed by atoms with E-state index in [4.69, 9.17) is 0 Å². The molecule has 0 spiro atoms. The van der Waals surface area contributed by atoms with Crippen molar-refractivity contribution in [3.63, 3.8) is 0 Å². The summed E-state index contributed by atoms with van der Waals surface area (Å²) in [7, 11) is 0. The SMILES string of the molecule is C=Cc1ccccc1.NC(=O)/C=C\C(=O)OC(=O)/C=C\C(N)=O. The van der Waals surface area contributed by atoms with E-state index in [1.165, 1.54) is 5.56 Å². The van der Waals surface area contributed by atoms with Crippen molar-refractivity contribution in [2.45, 2.75) is 0 Å². The second kappa shape index (κ2) is 11.2. The number of hydrogen-bond donors (Lipinski definition) is 2. The van der Waals surface area contributed by atoms with Crippen LogP contribution in [0.3, 0.4) is 0 Å². The molecule has 2 amide bonds. The van der Waals surface area contributed by atoms with E-state index in [-0.39, 0.29) is 0 Å². The Bertz CT molecular complexity index is 599. The van der Waals surface area contributed by atoms with Crippen molar-refractivity contribution in [2.24, 2.45) is 11.5 Å². The second-order valence-electron chi connectivity index (χ2n) is 3.83. The van der Waals surface area contributed by atoms with Crippen molar-refractivity contribution >= 4 is 29.8 Å². The van der Waals surface area contributed by atoms with Gasteiger partial charge in [0, 0.05) is 24.3 Å². The second-order valence-corrected chi connectivity index (χ2v) is 3.83. The van der Waals surface area contributed by atoms with Crippen LogP contribution in [0.2, 0.25) is 0 Å². The molecule has 120 valence electrons. The van der Waals surface area contributed by atoms with Gasteiger partial charge in [-0.15, -0.1) is 0 Å². The summed E-state index contributed by atoms with van der Waals surface area (Å²) < 4.78 is 4.08. The van der Waals surface area contributed by atoms with Crippen LogP contribution in [0.1, 0.15) is 5.56 Å². The van der Waals surface area contributed by atoms with Crippen molar-refractivity contribution in [1.82, 2.24) is 0 Å². The van der Waals surface area contributed by atoms with Crippen molar-refractivity contribution in [3.8, 4) is 0 Å². The number of carbonyl (C=O) groups is 4. The molecule has 4 N–H and O–H groups in total. The van der Waals surface area contributed by atoms with Crippen LogP contribution in [0.25, 0.3) is 6.08 Å². The third kappa shape index (κ3) is 12.0. The summed E-state index contributed by atoms with van der Waals surface area (Å²) in [5.74, 6) is -3.86. The van der Waals surface area contributed by atoms with Crippen LogP contribution in [0.5, 0.6) is 0 Å². The lowest BCUT2D eigenvalue weighted by atomic mass is 10.2. The Labute approximate surface area is 132 Å². The minimum atomic E-state index is -1.08. The highest BCUT2D eigenvalue weighted by molar-refractivity contribution is 6.01. The molecule has 0 saturated carbocycles. The molecule has 0 saturated heterocycles. The fraction of sp³-hybridized carbons (Fsp3) is 0. The molecule has 0 aliphatic rings. The molecular weight excluding hydrogens is 300 g/mol. The van der Waals surface area contributed by atoms with Crippen LogP contribution in [0.4, 0.5) is 0 Å². The summed E-state index contributed by atoms with van der Waals surface area (Å²) in [5, 5.41) is 0. The van der Waals surface area contributed by atoms with E-state index in [1.807, 2.05) is 36.4 Å². The molecule has 0 heterocycles. The van der Waals surface area contributed by atoms with E-state index >= 15 is 0 Å². The van der Waals surface area contributed by atoms with Gasteiger partial charge in [-0.25, -0.2) is 9.59 Å². The van der Waals surface area contributed by atoms with Gasteiger partial charge in [-0.2, -0.15) is 0 Å². The number of nitrogens with two attached hydrogens (primary N) is 2. The molecular formula is C16H16N2O5. The Morgan fingerprint density at radius 2 is 1.26 bits per heavy atom. The first-order valence-corrected chi connectivity index (χ1v) is 6.23. The van der Waals surface area contributed by atoms with Crippen LogP contribution in [0.15, 0.2) is 61.2 Å². The molecule has 0 bridgehead atoms. The molecule has 0 aliphatic carbocycles. The smallest absolute Gasteiger partial charge is 0.338 e. The van der Waals surface area contributed by atoms with Gasteiger partial charge >= 0.3 is 11.9 Å². The van der Waals surface area contributed by atoms with E-state index < -0.39 is 23.8 Å². The Kier molecular flexibility index (Phi) is 9.51. The number of rotatable bonds is 5. The maximum atomic E-state index is 10.7. The standard InChI is InChI=1S/C8H8N2O5.C8H8/c9-5(11)1-3-7(13)15-8(14)4-2-6(10)12;1-2-8-6-4-3-5-7-8/h1-4H,(H2,9,11)(H2,10,12);2-7H,1H2/b3-1-,4-2-;. The van der Waals surface area contributed by atoms with Gasteiger partial charge in [-0.05, 0) is 5.56 Å². The maximum absolute atomic E-state index is 10.7. The van der Waals surface area contributed by atoms with Gasteiger partial charge in [0.05, 0.1) is 0 Å². The Hall–Kier alpha value is -3.48. The Morgan fingerprint density at radius 1 is 0.826 bits per heavy atom. The fourth-order valence-corrected chi connectivity index (χ4v) is 1.06. The average Bonchev–Trinajstić information content (AvgIpc) is 2.52. The molecule has 7 heteroatoms. The largest absolute Gasteiger partial charge is 0.387 e. The topological polar surface area (TPSA) is 130 Å². The summed E-state index contributed by atoms with van der Waals surface area (Å²) in [5.41, 5.74) is 10.5. The van der Waals surface area contributed by atoms with Crippen molar-refractivity contribution < 1.29 is 23.9 Å². The molecule has 0 aliphatic heterocycles. The molecule has 0 radical (unpaired) electrons. The van der Waals surface area contributed by atoms with E-state index in [0.29, 0.717) is 12.2 Å². The predicted octanol–water partition coefficient (Wildman–Crippen LogP) is 0.469. The quantitative estimate of drug-likeness (QED) is 0.463. The molecule has 23 heavy (non-hydrogen) atoms. The van der Waals surface area contributed by atoms with E-state index in [2.05, 4.69) is 22.8 Å². The first kappa shape index (κ1) is 19.5. The molecule has 0 atom stereocenters. The minimum Gasteiger partial charge on any atom is -0.387 e. The number of ether oxygens (including phenoxy) is 1. The minimum absolute atomic E-state index is 0.679. The van der Waals surface area contributed by atoms with Gasteiger partial charge in [-0.3, -0.25) is 9.59 Å². The van der Waals surface area contributed by atoms with Gasteiger partial charge in [0.25, 0.3) is 0 Å². The van der Waals surface area contributed by atoms with Crippen molar-refractivity contribution in [2.75, 3.05) is 0 Å². The third-order valence-electron chi connectivity index (χ3n) is 2.00. The zero-order valence-electron chi connectivity index (χ0n) is 12.2. The summed E-state index contributed by atoms with van der Waals surface area (Å²) in [6.07, 6.45) is 4.65. The van der Waals surface area contributed by atoms with Gasteiger partial charge in [0.1, 0.15) is 0 Å². The number of carbonyl (C=O) groups excluding carboxylic acids is 4. The van der Waals surface area contributed by atoms with Crippen LogP contribution in [-0.4, -0.2) is 23.8 Å². The number of benzene rings is 1. The lowest BCUT2D eigenvalue weighted by molar-refractivity contribution is -0.152. The Balaban J connectivity index is 0.000000502. The monoisotopic (exact) mass is 316 g/mol. The van der Waals surface area contributed by atoms with E-state index in [1.54, 1.807) is 0 Å². The summed E-state index contributed by atoms with van der Waals surface area (Å²) >= 11 is 0. The highest BCUT2D eigenvalue weighted by Crippen LogP contribution is 1.97. The lowest BCUT2D eigenvalue weighted by Gasteiger charge is -1.92. The first-order chi connectivity index (χ1) is 10.8. The van der Waals surface area contributed by atoms with Gasteiger partial charge in [0.2, 0.25) is 11.8 Å². The fourth-order valence-electron chi connectivity index (χ4n) is 1.06. The molecule has 0 unspecified atom stereocenters. The summed E-state index contributed by atoms with van der Waals surface area (Å²) in [6, 6.07) is 10.0. The van der Waals surface area contributed by atoms with Gasteiger partial charge < -0.3 is 16.2 Å². The van der Waals surface area contributed by atoms with E-state index in [9.17, 15) is 19.2 Å². The van der Waals surface area contributed by atoms with Gasteiger partial charge in [-0.1, -0.05) is 43.0 Å². The van der Waals surface area contributed by atoms with E-state index in [0.717, 1.165) is 12.2 Å². The molecule has 1 aromatic carbocycles. The highest BCUT2D eigenvalue weighted by atomic mass is 16.6. The van der Waals surface area contributed by atoms with Crippen LogP contribution < -0.4 is 11.5 Å². The molecule has 1 aromatic rings. The predicted molar refractivity (Wildman–Crippen MR) is 84.3 cm³/mol. The first-order valence-electron chi connectivity index (χ1n) is 6.23. The number of amides is 2. The zero-order chi connectivity index (χ0) is 17.7. The molecule has 7 nitrogen and oxygen atoms in total. The van der Waals surface area contributed by atoms with Crippen molar-refractivity contribution in [1.29, 1.82) is 0 Å². The molecule has 1 rings (SSSR count). The van der Waals surface area contributed by atoms with Crippen LogP contribution in [0, 0.1) is 0 Å². The third-order valence-corrected chi connectivity index (χ3v) is 2.00. The van der Waals surface area contributed by atoms with Crippen LogP contribution in [-0.2, 0) is 23.9 Å². The number of hydrogen-bond acceptors (Lipinski definition) is 5. The zero-order valence-corrected chi connectivity index (χ0v) is 12.2. The maximum Gasteiger partial charge on any atom is 0.338 e. The van der Waals surface area contributed by atoms with Crippen LogP contribution >= 0.6 is 0 Å². The Morgan fingerprint density at radius 3 is 1.57 bits per heavy atom. The average molecular weight is 316 g/mol. The highest BCUT2D eigenvalue weighted by Gasteiger charge is 2.03. The summed E-state index contributed by atoms with van der Waals surface area (Å²) in [4.78, 5) is 41.8. The molecule has 0 aromatic heterocycles. The normalized spacial score (nSPS) is 9.74. The van der Waals surface area contributed by atoms with Gasteiger partial charge in [0.15, 0.2) is 0 Å². The number of primary amides is 2. The van der Waals surface area contributed by atoms with Crippen molar-refractivity contribution in [3.05, 3.63) is 66.8 Å². The number of esters is 2.